The Kier molecular flexibility index (Phi) is 7.50. The van der Waals surface area contributed by atoms with Crippen LogP contribution in [0.2, 0.25) is 0 Å². The van der Waals surface area contributed by atoms with E-state index >= 15 is 0 Å². The van der Waals surface area contributed by atoms with E-state index in [0.717, 1.165) is 41.7 Å². The third-order valence-corrected chi connectivity index (χ3v) is 7.13. The van der Waals surface area contributed by atoms with Crippen LogP contribution in [0.1, 0.15) is 55.0 Å². The van der Waals surface area contributed by atoms with Crippen LogP contribution in [0.3, 0.4) is 0 Å². The van der Waals surface area contributed by atoms with Gasteiger partial charge in [-0.2, -0.15) is 0 Å². The van der Waals surface area contributed by atoms with Crippen molar-refractivity contribution in [3.05, 3.63) is 101 Å². The quantitative estimate of drug-likeness (QED) is 0.169. The number of hydrogen-bond acceptors (Lipinski definition) is 5. The van der Waals surface area contributed by atoms with Gasteiger partial charge in [0.15, 0.2) is 0 Å². The van der Waals surface area contributed by atoms with E-state index in [2.05, 4.69) is 6.92 Å². The number of ether oxygens (including phenoxy) is 2. The summed E-state index contributed by atoms with van der Waals surface area (Å²) in [6, 6.07) is 22.0. The summed E-state index contributed by atoms with van der Waals surface area (Å²) in [6.07, 6.45) is 3.32. The lowest BCUT2D eigenvalue weighted by Gasteiger charge is -2.26. The van der Waals surface area contributed by atoms with Crippen molar-refractivity contribution in [2.24, 2.45) is 0 Å². The van der Waals surface area contributed by atoms with Crippen LogP contribution < -0.4 is 9.47 Å². The summed E-state index contributed by atoms with van der Waals surface area (Å²) in [5.41, 5.74) is 3.37. The highest BCUT2D eigenvalue weighted by Gasteiger charge is 2.46. The maximum Gasteiger partial charge on any atom is 0.295 e. The van der Waals surface area contributed by atoms with Crippen LogP contribution >= 0.6 is 0 Å². The molecule has 2 atom stereocenters. The number of Topliss-reactive ketones (excluding diaryl/α,β-unsaturated/α-hetero) is 1. The van der Waals surface area contributed by atoms with Crippen molar-refractivity contribution in [3.63, 3.8) is 0 Å². The van der Waals surface area contributed by atoms with E-state index in [0.29, 0.717) is 30.9 Å². The Morgan fingerprint density at radius 1 is 1.05 bits per heavy atom. The molecule has 0 bridgehead atoms. The minimum atomic E-state index is -0.725. The maximum atomic E-state index is 13.4. The number of hydrogen-bond donors (Lipinski definition) is 1. The molecule has 3 aromatic rings. The van der Waals surface area contributed by atoms with E-state index in [4.69, 9.17) is 9.47 Å². The first kappa shape index (κ1) is 25.6. The minimum absolute atomic E-state index is 0.0569. The van der Waals surface area contributed by atoms with E-state index in [-0.39, 0.29) is 17.4 Å². The molecule has 1 fully saturated rings. The van der Waals surface area contributed by atoms with Crippen LogP contribution in [0.25, 0.3) is 5.76 Å². The molecule has 38 heavy (non-hydrogen) atoms. The lowest BCUT2D eigenvalue weighted by atomic mass is 9.94. The number of aliphatic hydroxyl groups is 1. The van der Waals surface area contributed by atoms with Gasteiger partial charge in [0.1, 0.15) is 23.4 Å². The van der Waals surface area contributed by atoms with Crippen LogP contribution in [0.4, 0.5) is 0 Å². The van der Waals surface area contributed by atoms with Gasteiger partial charge in [0, 0.05) is 18.5 Å². The van der Waals surface area contributed by atoms with Crippen LogP contribution in [-0.2, 0) is 22.4 Å². The van der Waals surface area contributed by atoms with Crippen molar-refractivity contribution >= 4 is 17.4 Å². The summed E-state index contributed by atoms with van der Waals surface area (Å²) in [4.78, 5) is 28.4. The van der Waals surface area contributed by atoms with E-state index in [1.165, 1.54) is 0 Å². The molecule has 1 saturated heterocycles. The molecule has 2 aliphatic rings. The fourth-order valence-corrected chi connectivity index (χ4v) is 5.19. The molecule has 3 aromatic carbocycles. The van der Waals surface area contributed by atoms with Crippen molar-refractivity contribution in [1.29, 1.82) is 0 Å². The predicted octanol–water partition coefficient (Wildman–Crippen LogP) is 5.85. The molecule has 2 heterocycles. The summed E-state index contributed by atoms with van der Waals surface area (Å²) in [5.74, 6) is 0.000193. The standard InChI is InChI=1S/C32H33NO5/c1-3-4-17-37-26-12-8-11-23(20-26)29-28(30(34)24-13-14-27-25(19-24)18-21(2)38-27)31(35)32(36)33(29)16-15-22-9-6-5-7-10-22/h5-14,19-21,29,34H,3-4,15-18H2,1-2H3/b30-28-. The highest BCUT2D eigenvalue weighted by Crippen LogP contribution is 2.41. The molecular formula is C32H33NO5. The molecule has 0 radical (unpaired) electrons. The summed E-state index contributed by atoms with van der Waals surface area (Å²) < 4.78 is 11.7. The summed E-state index contributed by atoms with van der Waals surface area (Å²) in [6.45, 7) is 5.02. The zero-order chi connectivity index (χ0) is 26.6. The molecule has 5 rings (SSSR count). The lowest BCUT2D eigenvalue weighted by Crippen LogP contribution is -2.31. The fourth-order valence-electron chi connectivity index (χ4n) is 5.19. The molecular weight excluding hydrogens is 478 g/mol. The summed E-state index contributed by atoms with van der Waals surface area (Å²) in [5, 5.41) is 11.5. The van der Waals surface area contributed by atoms with Gasteiger partial charge in [-0.1, -0.05) is 55.8 Å². The number of benzene rings is 3. The second kappa shape index (κ2) is 11.1. The van der Waals surface area contributed by atoms with Gasteiger partial charge in [-0.05, 0) is 66.8 Å². The number of nitrogens with zero attached hydrogens (tertiary/aromatic N) is 1. The maximum absolute atomic E-state index is 13.4. The number of likely N-dealkylation sites (tertiary alicyclic amines) is 1. The average Bonchev–Trinajstić information content (AvgIpc) is 3.43. The number of carbonyl (C=O) groups excluding carboxylic acids is 2. The van der Waals surface area contributed by atoms with Crippen LogP contribution in [0.5, 0.6) is 11.5 Å². The molecule has 1 amide bonds. The molecule has 2 aliphatic heterocycles. The highest BCUT2D eigenvalue weighted by atomic mass is 16.5. The van der Waals surface area contributed by atoms with Crippen molar-refractivity contribution in [3.8, 4) is 11.5 Å². The molecule has 0 saturated carbocycles. The van der Waals surface area contributed by atoms with Gasteiger partial charge in [0.2, 0.25) is 0 Å². The number of carbonyl (C=O) groups is 2. The first-order valence-electron chi connectivity index (χ1n) is 13.3. The van der Waals surface area contributed by atoms with Gasteiger partial charge >= 0.3 is 0 Å². The minimum Gasteiger partial charge on any atom is -0.507 e. The van der Waals surface area contributed by atoms with Gasteiger partial charge in [0.05, 0.1) is 18.2 Å². The Morgan fingerprint density at radius 2 is 1.87 bits per heavy atom. The molecule has 1 N–H and O–H groups in total. The molecule has 2 unspecified atom stereocenters. The zero-order valence-corrected chi connectivity index (χ0v) is 21.9. The third kappa shape index (κ3) is 5.17. The average molecular weight is 512 g/mol. The third-order valence-electron chi connectivity index (χ3n) is 7.13. The second-order valence-electron chi connectivity index (χ2n) is 9.96. The molecule has 196 valence electrons. The summed E-state index contributed by atoms with van der Waals surface area (Å²) >= 11 is 0. The number of unbranched alkanes of at least 4 members (excludes halogenated alkanes) is 1. The Morgan fingerprint density at radius 3 is 2.66 bits per heavy atom. The zero-order valence-electron chi connectivity index (χ0n) is 21.9. The van der Waals surface area contributed by atoms with Crippen molar-refractivity contribution in [2.45, 2.75) is 51.7 Å². The second-order valence-corrected chi connectivity index (χ2v) is 9.96. The molecule has 6 nitrogen and oxygen atoms in total. The number of aliphatic hydroxyl groups excluding tert-OH is 1. The highest BCUT2D eigenvalue weighted by molar-refractivity contribution is 6.46. The van der Waals surface area contributed by atoms with Crippen LogP contribution in [0.15, 0.2) is 78.4 Å². The Labute approximate surface area is 223 Å². The number of rotatable bonds is 9. The SMILES string of the molecule is CCCCOc1cccc(C2/C(=C(/O)c3ccc4c(c3)CC(C)O4)C(=O)C(=O)N2CCc2ccccc2)c1. The first-order valence-corrected chi connectivity index (χ1v) is 13.3. The van der Waals surface area contributed by atoms with Gasteiger partial charge in [-0.3, -0.25) is 9.59 Å². The molecule has 0 aliphatic carbocycles. The Bertz CT molecular complexity index is 1360. The van der Waals surface area contributed by atoms with Gasteiger partial charge in [-0.15, -0.1) is 0 Å². The normalized spacial score (nSPS) is 19.9. The van der Waals surface area contributed by atoms with Crippen molar-refractivity contribution in [1.82, 2.24) is 4.90 Å². The number of amides is 1. The van der Waals surface area contributed by atoms with Gasteiger partial charge < -0.3 is 19.5 Å². The summed E-state index contributed by atoms with van der Waals surface area (Å²) in [7, 11) is 0. The Balaban J connectivity index is 1.55. The monoisotopic (exact) mass is 511 g/mol. The van der Waals surface area contributed by atoms with Gasteiger partial charge in [-0.25, -0.2) is 0 Å². The van der Waals surface area contributed by atoms with Crippen LogP contribution in [0, 0.1) is 0 Å². The van der Waals surface area contributed by atoms with Crippen LogP contribution in [-0.4, -0.2) is 41.0 Å². The van der Waals surface area contributed by atoms with Crippen molar-refractivity contribution in [2.75, 3.05) is 13.2 Å². The molecule has 6 heteroatoms. The van der Waals surface area contributed by atoms with Crippen molar-refractivity contribution < 1.29 is 24.2 Å². The number of ketones is 1. The number of fused-ring (bicyclic) bond motifs is 1. The van der Waals surface area contributed by atoms with Gasteiger partial charge in [0.25, 0.3) is 11.7 Å². The van der Waals surface area contributed by atoms with E-state index in [1.807, 2.05) is 73.7 Å². The molecule has 0 aromatic heterocycles. The van der Waals surface area contributed by atoms with E-state index < -0.39 is 17.7 Å². The lowest BCUT2D eigenvalue weighted by molar-refractivity contribution is -0.139. The predicted molar refractivity (Wildman–Crippen MR) is 146 cm³/mol. The Hall–Kier alpha value is -4.06. The smallest absolute Gasteiger partial charge is 0.295 e. The largest absolute Gasteiger partial charge is 0.507 e. The topological polar surface area (TPSA) is 76.1 Å². The fraction of sp³-hybridized carbons (Fsp3) is 0.312. The molecule has 0 spiro atoms. The van der Waals surface area contributed by atoms with E-state index in [1.54, 1.807) is 11.0 Å². The first-order chi connectivity index (χ1) is 18.5. The van der Waals surface area contributed by atoms with E-state index in [9.17, 15) is 14.7 Å².